The fraction of sp³-hybridized carbons (Fsp3) is 0.400. The van der Waals surface area contributed by atoms with Crippen LogP contribution in [0, 0.1) is 0 Å². The second-order valence-electron chi connectivity index (χ2n) is 3.01. The van der Waals surface area contributed by atoms with Gasteiger partial charge in [-0.1, -0.05) is 18.2 Å². The molecule has 0 aromatic heterocycles. The largest absolute Gasteiger partial charge is 0.316 e. The maximum absolute atomic E-state index is 11.8. The highest BCUT2D eigenvalue weighted by molar-refractivity contribution is 7.92. The standard InChI is InChI=1S/C10H15NO2PS/c1-3-14(4-2)11-15(12,13)10-8-6-5-7-9-10/h5-9H,3-4H2,1-2H3/q+1. The van der Waals surface area contributed by atoms with Crippen molar-refractivity contribution in [3.8, 4) is 0 Å². The number of benzene rings is 1. The van der Waals surface area contributed by atoms with Crippen molar-refractivity contribution in [3.05, 3.63) is 30.3 Å². The first-order valence-corrected chi connectivity index (χ1v) is 7.98. The fourth-order valence-electron chi connectivity index (χ4n) is 1.13. The van der Waals surface area contributed by atoms with Crippen LogP contribution in [0.2, 0.25) is 0 Å². The smallest absolute Gasteiger partial charge is 0.196 e. The molecule has 0 atom stereocenters. The van der Waals surface area contributed by atoms with Gasteiger partial charge in [0.1, 0.15) is 12.3 Å². The van der Waals surface area contributed by atoms with Gasteiger partial charge < -0.3 is 0 Å². The van der Waals surface area contributed by atoms with E-state index in [-0.39, 0.29) is 0 Å². The van der Waals surface area contributed by atoms with Gasteiger partial charge in [-0.15, -0.1) is 0 Å². The van der Waals surface area contributed by atoms with Crippen LogP contribution in [-0.4, -0.2) is 20.7 Å². The van der Waals surface area contributed by atoms with Crippen LogP contribution in [0.3, 0.4) is 0 Å². The Morgan fingerprint density at radius 3 is 2.13 bits per heavy atom. The van der Waals surface area contributed by atoms with Gasteiger partial charge in [-0.25, -0.2) is 0 Å². The molecule has 0 radical (unpaired) electrons. The fourth-order valence-corrected chi connectivity index (χ4v) is 4.60. The molecule has 0 N–H and O–H groups in total. The molecule has 0 aliphatic heterocycles. The average molecular weight is 244 g/mol. The molecule has 3 nitrogen and oxygen atoms in total. The Hall–Kier alpha value is -0.730. The molecule has 15 heavy (non-hydrogen) atoms. The van der Waals surface area contributed by atoms with Gasteiger partial charge in [0.2, 0.25) is 7.71 Å². The van der Waals surface area contributed by atoms with E-state index in [2.05, 4.69) is 4.15 Å². The van der Waals surface area contributed by atoms with Gasteiger partial charge in [-0.3, -0.25) is 0 Å². The molecule has 1 aromatic rings. The van der Waals surface area contributed by atoms with Crippen LogP contribution < -0.4 is 0 Å². The van der Waals surface area contributed by atoms with Crippen molar-refractivity contribution >= 4 is 17.7 Å². The van der Waals surface area contributed by atoms with Gasteiger partial charge in [0.15, 0.2) is 0 Å². The van der Waals surface area contributed by atoms with Crippen LogP contribution in [0.1, 0.15) is 13.8 Å². The first-order valence-electron chi connectivity index (χ1n) is 4.88. The van der Waals surface area contributed by atoms with Gasteiger partial charge >= 0.3 is 10.0 Å². The lowest BCUT2D eigenvalue weighted by atomic mass is 10.4. The van der Waals surface area contributed by atoms with Crippen LogP contribution in [0.4, 0.5) is 0 Å². The molecule has 0 saturated carbocycles. The Bertz CT molecular complexity index is 434. The molecule has 0 aliphatic carbocycles. The normalized spacial score (nSPS) is 11.1. The third-order valence-electron chi connectivity index (χ3n) is 1.99. The minimum absolute atomic E-state index is 0.291. The minimum atomic E-state index is -3.43. The van der Waals surface area contributed by atoms with E-state index in [1.165, 1.54) is 0 Å². The van der Waals surface area contributed by atoms with E-state index >= 15 is 0 Å². The van der Waals surface area contributed by atoms with Gasteiger partial charge in [0.05, 0.1) is 4.90 Å². The highest BCUT2D eigenvalue weighted by atomic mass is 32.2. The molecular weight excluding hydrogens is 229 g/mol. The van der Waals surface area contributed by atoms with Crippen molar-refractivity contribution < 1.29 is 8.42 Å². The van der Waals surface area contributed by atoms with Gasteiger partial charge in [-0.05, 0) is 26.0 Å². The van der Waals surface area contributed by atoms with E-state index in [1.54, 1.807) is 30.3 Å². The lowest BCUT2D eigenvalue weighted by Crippen LogP contribution is -1.95. The summed E-state index contributed by atoms with van der Waals surface area (Å²) < 4.78 is 27.6. The van der Waals surface area contributed by atoms with Crippen LogP contribution in [-0.2, 0) is 10.0 Å². The molecule has 0 bridgehead atoms. The maximum atomic E-state index is 11.8. The van der Waals surface area contributed by atoms with E-state index in [1.807, 2.05) is 13.8 Å². The van der Waals surface area contributed by atoms with Crippen LogP contribution >= 0.6 is 7.71 Å². The SMILES string of the molecule is CC[P+](CC)=NS(=O)(=O)c1ccccc1. The van der Waals surface area contributed by atoms with E-state index in [4.69, 9.17) is 0 Å². The molecule has 0 aliphatic rings. The number of sulfonamides is 1. The summed E-state index contributed by atoms with van der Waals surface area (Å²) in [5.74, 6) is 0. The van der Waals surface area contributed by atoms with E-state index in [9.17, 15) is 8.42 Å². The molecule has 0 amide bonds. The van der Waals surface area contributed by atoms with Gasteiger partial charge in [0.25, 0.3) is 0 Å². The van der Waals surface area contributed by atoms with Crippen molar-refractivity contribution in [2.75, 3.05) is 12.3 Å². The summed E-state index contributed by atoms with van der Waals surface area (Å²) in [5, 5.41) is 0. The number of nitrogens with zero attached hydrogens (tertiary/aromatic N) is 1. The second kappa shape index (κ2) is 5.38. The molecule has 0 heterocycles. The highest BCUT2D eigenvalue weighted by Gasteiger charge is 2.18. The first kappa shape index (κ1) is 12.3. The zero-order valence-electron chi connectivity index (χ0n) is 8.92. The molecule has 0 saturated heterocycles. The van der Waals surface area contributed by atoms with Crippen LogP contribution in [0.25, 0.3) is 0 Å². The van der Waals surface area contributed by atoms with Crippen LogP contribution in [0.15, 0.2) is 39.4 Å². The first-order chi connectivity index (χ1) is 7.10. The van der Waals surface area contributed by atoms with Crippen molar-refractivity contribution in [2.45, 2.75) is 18.7 Å². The monoisotopic (exact) mass is 244 g/mol. The summed E-state index contributed by atoms with van der Waals surface area (Å²) in [6.07, 6.45) is 1.63. The van der Waals surface area contributed by atoms with E-state index in [0.717, 1.165) is 12.3 Å². The highest BCUT2D eigenvalue weighted by Crippen LogP contribution is 2.28. The summed E-state index contributed by atoms with van der Waals surface area (Å²) >= 11 is 0. The molecule has 82 valence electrons. The topological polar surface area (TPSA) is 46.5 Å². The average Bonchev–Trinajstić information content (AvgIpc) is 2.27. The summed E-state index contributed by atoms with van der Waals surface area (Å²) in [4.78, 5) is 0.291. The number of hydrogen-bond acceptors (Lipinski definition) is 2. The van der Waals surface area contributed by atoms with E-state index in [0.29, 0.717) is 4.90 Å². The number of rotatable bonds is 4. The molecular formula is C10H15NO2PS+. The molecule has 1 rings (SSSR count). The summed E-state index contributed by atoms with van der Waals surface area (Å²) in [7, 11) is -4.16. The van der Waals surface area contributed by atoms with Crippen LogP contribution in [0.5, 0.6) is 0 Å². The van der Waals surface area contributed by atoms with Crippen molar-refractivity contribution in [2.24, 2.45) is 4.15 Å². The summed E-state index contributed by atoms with van der Waals surface area (Å²) in [6, 6.07) is 8.38. The lowest BCUT2D eigenvalue weighted by molar-refractivity contribution is 0.598. The Balaban J connectivity index is 3.10. The Morgan fingerprint density at radius 1 is 1.13 bits per heavy atom. The number of hydrogen-bond donors (Lipinski definition) is 0. The third kappa shape index (κ3) is 3.40. The summed E-state index contributed by atoms with van der Waals surface area (Å²) in [6.45, 7) is 3.94. The third-order valence-corrected chi connectivity index (χ3v) is 6.11. The predicted octanol–water partition coefficient (Wildman–Crippen LogP) is 3.08. The lowest BCUT2D eigenvalue weighted by Gasteiger charge is -1.94. The van der Waals surface area contributed by atoms with Gasteiger partial charge in [-0.2, -0.15) is 8.42 Å². The van der Waals surface area contributed by atoms with Crippen molar-refractivity contribution in [1.82, 2.24) is 0 Å². The molecule has 0 unspecified atom stereocenters. The molecule has 5 heteroatoms. The Labute approximate surface area is 92.1 Å². The van der Waals surface area contributed by atoms with E-state index < -0.39 is 17.7 Å². The quantitative estimate of drug-likeness (QED) is 0.764. The van der Waals surface area contributed by atoms with Gasteiger partial charge in [0, 0.05) is 4.15 Å². The second-order valence-corrected chi connectivity index (χ2v) is 7.36. The minimum Gasteiger partial charge on any atom is -0.196 e. The molecule has 0 spiro atoms. The molecule has 0 fully saturated rings. The zero-order valence-corrected chi connectivity index (χ0v) is 10.6. The predicted molar refractivity (Wildman–Crippen MR) is 64.1 cm³/mol. The van der Waals surface area contributed by atoms with Crippen molar-refractivity contribution in [1.29, 1.82) is 0 Å². The maximum Gasteiger partial charge on any atom is 0.316 e. The Morgan fingerprint density at radius 2 is 1.67 bits per heavy atom. The van der Waals surface area contributed by atoms with Crippen molar-refractivity contribution in [3.63, 3.8) is 0 Å². The molecule has 1 aromatic carbocycles. The Kier molecular flexibility index (Phi) is 4.43. The zero-order chi connectivity index (χ0) is 11.3. The summed E-state index contributed by atoms with van der Waals surface area (Å²) in [5.41, 5.74) is 0.